The molecule has 0 aromatic carbocycles. The molecule has 0 aromatic rings. The second kappa shape index (κ2) is 3.12. The number of nitro groups is 1. The van der Waals surface area contributed by atoms with Gasteiger partial charge in [-0.3, -0.25) is 14.9 Å². The summed E-state index contributed by atoms with van der Waals surface area (Å²) in [7, 11) is 0. The Morgan fingerprint density at radius 1 is 1.88 bits per heavy atom. The topological polar surface area (TPSA) is 60.2 Å². The molecule has 0 spiro atoms. The molecular weight excluding hydrogens is 110 g/mol. The monoisotopic (exact) mass is 116 g/mol. The van der Waals surface area contributed by atoms with Gasteiger partial charge in [-0.25, -0.2) is 0 Å². The summed E-state index contributed by atoms with van der Waals surface area (Å²) < 4.78 is 0. The summed E-state index contributed by atoms with van der Waals surface area (Å²) >= 11 is 0. The molecule has 4 nitrogen and oxygen atoms in total. The minimum atomic E-state index is -0.744. The average molecular weight is 116 g/mol. The summed E-state index contributed by atoms with van der Waals surface area (Å²) in [5, 5.41) is 9.50. The number of carbonyl (C=O) groups is 1. The maximum Gasteiger partial charge on any atom is 0.343 e. The van der Waals surface area contributed by atoms with Crippen molar-refractivity contribution in [1.82, 2.24) is 0 Å². The Bertz CT molecular complexity index is 110. The van der Waals surface area contributed by atoms with E-state index < -0.39 is 10.7 Å². The lowest BCUT2D eigenvalue weighted by atomic mass is 10.3. The SMILES string of the molecule is CCC(=O)[CH][N+](=O)[O-]. The van der Waals surface area contributed by atoms with Crippen molar-refractivity contribution in [3.8, 4) is 0 Å². The minimum absolute atomic E-state index is 0.195. The van der Waals surface area contributed by atoms with Crippen LogP contribution in [-0.4, -0.2) is 10.7 Å². The van der Waals surface area contributed by atoms with Crippen molar-refractivity contribution in [3.05, 3.63) is 16.7 Å². The zero-order valence-electron chi connectivity index (χ0n) is 4.46. The predicted molar refractivity (Wildman–Crippen MR) is 26.6 cm³/mol. The number of Topliss-reactive ketones (excluding diaryl/α,β-unsaturated/α-hetero) is 1. The van der Waals surface area contributed by atoms with Gasteiger partial charge in [0.1, 0.15) is 0 Å². The molecule has 0 amide bonds. The molecule has 0 bridgehead atoms. The van der Waals surface area contributed by atoms with E-state index in [1.807, 2.05) is 0 Å². The predicted octanol–water partition coefficient (Wildman–Crippen LogP) is 0.404. The fourth-order valence-electron chi connectivity index (χ4n) is 0.209. The Balaban J connectivity index is 3.40. The van der Waals surface area contributed by atoms with Gasteiger partial charge < -0.3 is 0 Å². The second-order valence-electron chi connectivity index (χ2n) is 1.23. The normalized spacial score (nSPS) is 8.62. The lowest BCUT2D eigenvalue weighted by Crippen LogP contribution is -2.04. The van der Waals surface area contributed by atoms with Crippen LogP contribution in [0.15, 0.2) is 0 Å². The van der Waals surface area contributed by atoms with E-state index in [1.165, 1.54) is 0 Å². The lowest BCUT2D eigenvalue weighted by Gasteiger charge is -1.83. The third-order valence-corrected chi connectivity index (χ3v) is 0.598. The molecule has 8 heavy (non-hydrogen) atoms. The van der Waals surface area contributed by atoms with Gasteiger partial charge in [0, 0.05) is 11.3 Å². The van der Waals surface area contributed by atoms with Gasteiger partial charge in [0.2, 0.25) is 5.78 Å². The van der Waals surface area contributed by atoms with Crippen LogP contribution in [0.4, 0.5) is 0 Å². The summed E-state index contributed by atoms with van der Waals surface area (Å²) in [4.78, 5) is 18.9. The molecule has 45 valence electrons. The van der Waals surface area contributed by atoms with Gasteiger partial charge in [-0.15, -0.1) is 0 Å². The quantitative estimate of drug-likeness (QED) is 0.396. The fourth-order valence-corrected chi connectivity index (χ4v) is 0.209. The van der Waals surface area contributed by atoms with Gasteiger partial charge in [-0.2, -0.15) is 0 Å². The lowest BCUT2D eigenvalue weighted by molar-refractivity contribution is -0.428. The Hall–Kier alpha value is -0.930. The average Bonchev–Trinajstić information content (AvgIpc) is 1.65. The van der Waals surface area contributed by atoms with E-state index >= 15 is 0 Å². The van der Waals surface area contributed by atoms with E-state index in [9.17, 15) is 14.9 Å². The Kier molecular flexibility index (Phi) is 2.76. The number of nitrogens with zero attached hydrogens (tertiary/aromatic N) is 1. The Labute approximate surface area is 46.6 Å². The third kappa shape index (κ3) is 3.27. The van der Waals surface area contributed by atoms with E-state index in [4.69, 9.17) is 0 Å². The summed E-state index contributed by atoms with van der Waals surface area (Å²) in [6.45, 7) is 2.04. The molecule has 0 aromatic heterocycles. The Morgan fingerprint density at radius 2 is 2.38 bits per heavy atom. The molecule has 1 radical (unpaired) electrons. The van der Waals surface area contributed by atoms with E-state index in [-0.39, 0.29) is 6.42 Å². The number of rotatable bonds is 3. The molecule has 0 fully saturated rings. The molecule has 0 aliphatic rings. The third-order valence-electron chi connectivity index (χ3n) is 0.598. The minimum Gasteiger partial charge on any atom is -0.292 e. The number of carbonyl (C=O) groups excluding carboxylic acids is 1. The molecule has 0 N–H and O–H groups in total. The molecule has 0 unspecified atom stereocenters. The van der Waals surface area contributed by atoms with Crippen molar-refractivity contribution in [1.29, 1.82) is 0 Å². The highest BCUT2D eigenvalue weighted by Gasteiger charge is 2.07. The molecule has 0 rings (SSSR count). The van der Waals surface area contributed by atoms with Crippen molar-refractivity contribution in [2.24, 2.45) is 0 Å². The molecule has 4 heteroatoms. The summed E-state index contributed by atoms with van der Waals surface area (Å²) in [6.07, 6.45) is 0.195. The largest absolute Gasteiger partial charge is 0.343 e. The first-order chi connectivity index (χ1) is 3.66. The molecular formula is C4H6NO3. The van der Waals surface area contributed by atoms with E-state index in [2.05, 4.69) is 0 Å². The van der Waals surface area contributed by atoms with Crippen LogP contribution in [0.2, 0.25) is 0 Å². The van der Waals surface area contributed by atoms with Gasteiger partial charge in [-0.1, -0.05) is 6.92 Å². The molecule has 0 aliphatic carbocycles. The van der Waals surface area contributed by atoms with Crippen LogP contribution in [0, 0.1) is 16.7 Å². The molecule has 0 saturated heterocycles. The first-order valence-corrected chi connectivity index (χ1v) is 2.18. The van der Waals surface area contributed by atoms with Crippen molar-refractivity contribution >= 4 is 5.78 Å². The van der Waals surface area contributed by atoms with Gasteiger partial charge in [0.25, 0.3) is 0 Å². The zero-order valence-corrected chi connectivity index (χ0v) is 4.46. The molecule has 0 saturated carbocycles. The summed E-state index contributed by atoms with van der Waals surface area (Å²) in [5.41, 5.74) is 0. The number of ketones is 1. The highest BCUT2D eigenvalue weighted by molar-refractivity contribution is 5.84. The van der Waals surface area contributed by atoms with Crippen LogP contribution in [0.5, 0.6) is 0 Å². The zero-order chi connectivity index (χ0) is 6.57. The van der Waals surface area contributed by atoms with Crippen LogP contribution in [0.1, 0.15) is 13.3 Å². The van der Waals surface area contributed by atoms with Gasteiger partial charge in [-0.05, 0) is 0 Å². The highest BCUT2D eigenvalue weighted by Crippen LogP contribution is 1.85. The summed E-state index contributed by atoms with van der Waals surface area (Å²) in [6, 6.07) is 0. The number of hydrogen-bond acceptors (Lipinski definition) is 3. The van der Waals surface area contributed by atoms with Gasteiger partial charge in [0.15, 0.2) is 0 Å². The highest BCUT2D eigenvalue weighted by atomic mass is 16.6. The first kappa shape index (κ1) is 7.07. The van der Waals surface area contributed by atoms with Crippen molar-refractivity contribution in [3.63, 3.8) is 0 Å². The summed E-state index contributed by atoms with van der Waals surface area (Å²) in [5.74, 6) is -0.449. The van der Waals surface area contributed by atoms with Crippen LogP contribution >= 0.6 is 0 Å². The van der Waals surface area contributed by atoms with E-state index in [0.29, 0.717) is 6.54 Å². The fraction of sp³-hybridized carbons (Fsp3) is 0.500. The molecule has 0 atom stereocenters. The molecule has 0 heterocycles. The second-order valence-corrected chi connectivity index (χ2v) is 1.23. The first-order valence-electron chi connectivity index (χ1n) is 2.18. The Morgan fingerprint density at radius 3 is 2.50 bits per heavy atom. The maximum atomic E-state index is 10.1. The smallest absolute Gasteiger partial charge is 0.292 e. The van der Waals surface area contributed by atoms with Crippen LogP contribution in [0.25, 0.3) is 0 Å². The van der Waals surface area contributed by atoms with Crippen molar-refractivity contribution in [2.45, 2.75) is 13.3 Å². The van der Waals surface area contributed by atoms with Gasteiger partial charge >= 0.3 is 6.54 Å². The van der Waals surface area contributed by atoms with Crippen molar-refractivity contribution in [2.75, 3.05) is 0 Å². The standard InChI is InChI=1S/C4H6NO3/c1-2-4(6)3-5(7)8/h3H,2H2,1H3. The maximum absolute atomic E-state index is 10.1. The van der Waals surface area contributed by atoms with Crippen LogP contribution in [0.3, 0.4) is 0 Å². The van der Waals surface area contributed by atoms with Gasteiger partial charge in [0.05, 0.1) is 0 Å². The van der Waals surface area contributed by atoms with Crippen LogP contribution in [-0.2, 0) is 4.79 Å². The van der Waals surface area contributed by atoms with E-state index in [1.54, 1.807) is 6.92 Å². The molecule has 0 aliphatic heterocycles. The van der Waals surface area contributed by atoms with Crippen molar-refractivity contribution < 1.29 is 9.72 Å². The van der Waals surface area contributed by atoms with E-state index in [0.717, 1.165) is 0 Å². The number of hydrogen-bond donors (Lipinski definition) is 0. The van der Waals surface area contributed by atoms with Crippen LogP contribution < -0.4 is 0 Å².